The van der Waals surface area contributed by atoms with Crippen LogP contribution in [0, 0.1) is 3.57 Å². The quantitative estimate of drug-likeness (QED) is 0.649. The summed E-state index contributed by atoms with van der Waals surface area (Å²) in [7, 11) is 0. The second-order valence-corrected chi connectivity index (χ2v) is 5.87. The van der Waals surface area contributed by atoms with Gasteiger partial charge in [0.05, 0.1) is 0 Å². The summed E-state index contributed by atoms with van der Waals surface area (Å²) in [6.07, 6.45) is 3.20. The highest BCUT2D eigenvalue weighted by Crippen LogP contribution is 2.21. The van der Waals surface area contributed by atoms with E-state index in [1.54, 1.807) is 54.9 Å². The van der Waals surface area contributed by atoms with Gasteiger partial charge in [0.1, 0.15) is 5.75 Å². The molecule has 0 atom stereocenters. The lowest BCUT2D eigenvalue weighted by atomic mass is 10.2. The Balaban J connectivity index is 1.72. The molecule has 1 N–H and O–H groups in total. The number of carbonyl (C=O) groups is 1. The van der Waals surface area contributed by atoms with Crippen LogP contribution in [0.5, 0.6) is 11.8 Å². The first-order chi connectivity index (χ1) is 11.2. The maximum atomic E-state index is 12.2. The first kappa shape index (κ1) is 15.4. The van der Waals surface area contributed by atoms with Gasteiger partial charge in [0.15, 0.2) is 0 Å². The van der Waals surface area contributed by atoms with E-state index in [0.717, 1.165) is 3.57 Å². The topological polar surface area (TPSA) is 64.1 Å². The molecule has 1 aromatic heterocycles. The highest BCUT2D eigenvalue weighted by Gasteiger charge is 2.07. The van der Waals surface area contributed by atoms with Crippen LogP contribution in [0.1, 0.15) is 10.4 Å². The number of anilines is 1. The Kier molecular flexibility index (Phi) is 4.82. The molecule has 3 aromatic rings. The van der Waals surface area contributed by atoms with E-state index in [4.69, 9.17) is 4.74 Å². The molecule has 0 spiro atoms. The van der Waals surface area contributed by atoms with Crippen molar-refractivity contribution in [3.05, 3.63) is 76.1 Å². The summed E-state index contributed by atoms with van der Waals surface area (Å²) < 4.78 is 6.63. The molecule has 0 bridgehead atoms. The van der Waals surface area contributed by atoms with Crippen molar-refractivity contribution in [2.45, 2.75) is 0 Å². The molecule has 5 nitrogen and oxygen atoms in total. The Morgan fingerprint density at radius 2 is 1.74 bits per heavy atom. The van der Waals surface area contributed by atoms with Crippen molar-refractivity contribution in [2.24, 2.45) is 0 Å². The van der Waals surface area contributed by atoms with Gasteiger partial charge in [-0.25, -0.2) is 9.97 Å². The van der Waals surface area contributed by atoms with Crippen LogP contribution in [0.15, 0.2) is 67.0 Å². The fourth-order valence-corrected chi connectivity index (χ4v) is 2.24. The minimum absolute atomic E-state index is 0.172. The number of nitrogens with one attached hydrogen (secondary N) is 1. The molecule has 0 saturated heterocycles. The summed E-state index contributed by atoms with van der Waals surface area (Å²) >= 11 is 2.20. The number of hydrogen-bond donors (Lipinski definition) is 1. The third kappa shape index (κ3) is 4.26. The van der Waals surface area contributed by atoms with Gasteiger partial charge in [-0.1, -0.05) is 6.07 Å². The fraction of sp³-hybridized carbons (Fsp3) is 0. The number of hydrogen-bond acceptors (Lipinski definition) is 4. The number of rotatable bonds is 4. The lowest BCUT2D eigenvalue weighted by Crippen LogP contribution is -2.11. The third-order valence-corrected chi connectivity index (χ3v) is 3.67. The second kappa shape index (κ2) is 7.19. The number of amides is 1. The first-order valence-corrected chi connectivity index (χ1v) is 7.90. The zero-order valence-corrected chi connectivity index (χ0v) is 14.1. The average molecular weight is 417 g/mol. The zero-order chi connectivity index (χ0) is 16.1. The van der Waals surface area contributed by atoms with Crippen molar-refractivity contribution < 1.29 is 9.53 Å². The average Bonchev–Trinajstić information content (AvgIpc) is 2.57. The van der Waals surface area contributed by atoms with Crippen molar-refractivity contribution >= 4 is 34.2 Å². The predicted molar refractivity (Wildman–Crippen MR) is 95.7 cm³/mol. The van der Waals surface area contributed by atoms with Gasteiger partial charge < -0.3 is 10.1 Å². The normalized spacial score (nSPS) is 10.1. The van der Waals surface area contributed by atoms with Crippen LogP contribution in [0.3, 0.4) is 0 Å². The zero-order valence-electron chi connectivity index (χ0n) is 11.9. The second-order valence-electron chi connectivity index (χ2n) is 4.62. The van der Waals surface area contributed by atoms with Crippen molar-refractivity contribution in [2.75, 3.05) is 5.32 Å². The third-order valence-electron chi connectivity index (χ3n) is 2.95. The highest BCUT2D eigenvalue weighted by molar-refractivity contribution is 14.1. The van der Waals surface area contributed by atoms with Gasteiger partial charge in [-0.3, -0.25) is 4.79 Å². The smallest absolute Gasteiger partial charge is 0.321 e. The molecule has 6 heteroatoms. The number of carbonyl (C=O) groups excluding carboxylic acids is 1. The maximum absolute atomic E-state index is 12.2. The molecular weight excluding hydrogens is 405 g/mol. The van der Waals surface area contributed by atoms with E-state index in [9.17, 15) is 4.79 Å². The van der Waals surface area contributed by atoms with Crippen LogP contribution >= 0.6 is 22.6 Å². The lowest BCUT2D eigenvalue weighted by molar-refractivity contribution is 0.102. The van der Waals surface area contributed by atoms with Crippen LogP contribution in [0.25, 0.3) is 0 Å². The Labute approximate surface area is 146 Å². The number of halogens is 1. The number of ether oxygens (including phenoxy) is 1. The fourth-order valence-electron chi connectivity index (χ4n) is 1.89. The van der Waals surface area contributed by atoms with E-state index in [-0.39, 0.29) is 11.9 Å². The standard InChI is InChI=1S/C17H12IN3O2/c18-13-7-5-12(6-8-13)16(22)21-14-3-1-4-15(11-14)23-17-19-9-2-10-20-17/h1-11H,(H,21,22). The molecule has 1 heterocycles. The molecule has 114 valence electrons. The minimum atomic E-state index is -0.172. The molecule has 0 saturated carbocycles. The molecule has 0 aliphatic heterocycles. The molecular formula is C17H12IN3O2. The Morgan fingerprint density at radius 3 is 2.48 bits per heavy atom. The van der Waals surface area contributed by atoms with E-state index in [2.05, 4.69) is 37.9 Å². The predicted octanol–water partition coefficient (Wildman–Crippen LogP) is 4.13. The van der Waals surface area contributed by atoms with Gasteiger partial charge in [0.2, 0.25) is 0 Å². The van der Waals surface area contributed by atoms with E-state index in [1.165, 1.54) is 0 Å². The lowest BCUT2D eigenvalue weighted by Gasteiger charge is -2.08. The summed E-state index contributed by atoms with van der Waals surface area (Å²) in [5, 5.41) is 2.84. The molecule has 23 heavy (non-hydrogen) atoms. The Bertz CT molecular complexity index is 808. The van der Waals surface area contributed by atoms with Crippen molar-refractivity contribution in [1.82, 2.24) is 9.97 Å². The molecule has 0 unspecified atom stereocenters. The largest absolute Gasteiger partial charge is 0.424 e. The Morgan fingerprint density at radius 1 is 1.00 bits per heavy atom. The monoisotopic (exact) mass is 417 g/mol. The van der Waals surface area contributed by atoms with Crippen molar-refractivity contribution in [1.29, 1.82) is 0 Å². The van der Waals surface area contributed by atoms with Crippen molar-refractivity contribution in [3.63, 3.8) is 0 Å². The van der Waals surface area contributed by atoms with Crippen LogP contribution in [-0.2, 0) is 0 Å². The number of benzene rings is 2. The Hall–Kier alpha value is -2.48. The van der Waals surface area contributed by atoms with E-state index in [0.29, 0.717) is 17.0 Å². The van der Waals surface area contributed by atoms with Crippen LogP contribution in [0.4, 0.5) is 5.69 Å². The number of aromatic nitrogens is 2. The van der Waals surface area contributed by atoms with Crippen LogP contribution < -0.4 is 10.1 Å². The van der Waals surface area contributed by atoms with E-state index >= 15 is 0 Å². The van der Waals surface area contributed by atoms with Gasteiger partial charge in [-0.05, 0) is 65.1 Å². The summed E-state index contributed by atoms with van der Waals surface area (Å²) in [4.78, 5) is 20.2. The molecule has 0 aliphatic carbocycles. The maximum Gasteiger partial charge on any atom is 0.321 e. The molecule has 2 aromatic carbocycles. The summed E-state index contributed by atoms with van der Waals surface area (Å²) in [6, 6.07) is 16.4. The minimum Gasteiger partial charge on any atom is -0.424 e. The summed E-state index contributed by atoms with van der Waals surface area (Å²) in [5.41, 5.74) is 1.24. The molecule has 0 aliphatic rings. The van der Waals surface area contributed by atoms with Gasteiger partial charge in [0, 0.05) is 33.3 Å². The SMILES string of the molecule is O=C(Nc1cccc(Oc2ncccn2)c1)c1ccc(I)cc1. The molecule has 0 radical (unpaired) electrons. The van der Waals surface area contributed by atoms with Gasteiger partial charge in [-0.2, -0.15) is 0 Å². The number of nitrogens with zero attached hydrogens (tertiary/aromatic N) is 2. The van der Waals surface area contributed by atoms with Gasteiger partial charge in [0.25, 0.3) is 5.91 Å². The summed E-state index contributed by atoms with van der Waals surface area (Å²) in [5.74, 6) is 0.381. The van der Waals surface area contributed by atoms with Gasteiger partial charge in [-0.15, -0.1) is 0 Å². The highest BCUT2D eigenvalue weighted by atomic mass is 127. The van der Waals surface area contributed by atoms with Crippen LogP contribution in [0.2, 0.25) is 0 Å². The first-order valence-electron chi connectivity index (χ1n) is 6.82. The van der Waals surface area contributed by atoms with Crippen LogP contribution in [-0.4, -0.2) is 15.9 Å². The molecule has 0 fully saturated rings. The molecule has 3 rings (SSSR count). The van der Waals surface area contributed by atoms with Crippen molar-refractivity contribution in [3.8, 4) is 11.8 Å². The summed E-state index contributed by atoms with van der Waals surface area (Å²) in [6.45, 7) is 0. The van der Waals surface area contributed by atoms with E-state index in [1.807, 2.05) is 12.1 Å². The van der Waals surface area contributed by atoms with Gasteiger partial charge >= 0.3 is 6.01 Å². The van der Waals surface area contributed by atoms with E-state index < -0.39 is 0 Å². The molecule has 1 amide bonds.